The van der Waals surface area contributed by atoms with E-state index in [1.165, 1.54) is 6.92 Å². The fourth-order valence-electron chi connectivity index (χ4n) is 1.48. The predicted molar refractivity (Wildman–Crippen MR) is 70.9 cm³/mol. The van der Waals surface area contributed by atoms with Crippen molar-refractivity contribution in [2.24, 2.45) is 0 Å². The number of benzene rings is 1. The topological polar surface area (TPSA) is 29.1 Å². The highest BCUT2D eigenvalue weighted by molar-refractivity contribution is 9.10. The summed E-state index contributed by atoms with van der Waals surface area (Å²) in [6, 6.07) is 5.01. The van der Waals surface area contributed by atoms with Gasteiger partial charge in [0.15, 0.2) is 0 Å². The second-order valence-electron chi connectivity index (χ2n) is 5.05. The molecule has 94 valence electrons. The molecule has 0 fully saturated rings. The van der Waals surface area contributed by atoms with Crippen LogP contribution in [-0.2, 0) is 0 Å². The van der Waals surface area contributed by atoms with Gasteiger partial charge in [-0.2, -0.15) is 0 Å². The van der Waals surface area contributed by atoms with E-state index in [0.717, 1.165) is 4.47 Å². The van der Waals surface area contributed by atoms with Crippen LogP contribution in [-0.4, -0.2) is 11.4 Å². The maximum atomic E-state index is 13.4. The molecule has 0 aliphatic heterocycles. The van der Waals surface area contributed by atoms with Crippen molar-refractivity contribution in [3.8, 4) is 0 Å². The molecule has 17 heavy (non-hydrogen) atoms. The van der Waals surface area contributed by atoms with Gasteiger partial charge in [0.2, 0.25) is 0 Å². The molecule has 0 heterocycles. The summed E-state index contributed by atoms with van der Waals surface area (Å²) in [4.78, 5) is 12.0. The lowest BCUT2D eigenvalue weighted by atomic mass is 10.0. The monoisotopic (exact) mass is 301 g/mol. The summed E-state index contributed by atoms with van der Waals surface area (Å²) in [6.45, 7) is 7.10. The first-order valence-corrected chi connectivity index (χ1v) is 6.26. The van der Waals surface area contributed by atoms with Crippen molar-refractivity contribution >= 4 is 21.8 Å². The van der Waals surface area contributed by atoms with E-state index in [0.29, 0.717) is 11.1 Å². The SMILES string of the molecule is C[C@@H](F)c1ccc(Br)cc1C(=O)NC(C)(C)C. The lowest BCUT2D eigenvalue weighted by Gasteiger charge is -2.22. The number of nitrogens with one attached hydrogen (secondary N) is 1. The summed E-state index contributed by atoms with van der Waals surface area (Å²) in [5.41, 5.74) is 0.454. The van der Waals surface area contributed by atoms with Gasteiger partial charge < -0.3 is 5.32 Å². The average Bonchev–Trinajstić information content (AvgIpc) is 2.14. The lowest BCUT2D eigenvalue weighted by Crippen LogP contribution is -2.41. The first kappa shape index (κ1) is 14.2. The van der Waals surface area contributed by atoms with Crippen LogP contribution in [0.2, 0.25) is 0 Å². The molecule has 1 amide bonds. The molecule has 0 saturated heterocycles. The van der Waals surface area contributed by atoms with E-state index in [1.807, 2.05) is 20.8 Å². The molecular formula is C13H17BrFNO. The third-order valence-electron chi connectivity index (χ3n) is 2.18. The first-order chi connectivity index (χ1) is 7.70. The fraction of sp³-hybridized carbons (Fsp3) is 0.462. The normalized spacial score (nSPS) is 13.3. The molecule has 0 saturated carbocycles. The van der Waals surface area contributed by atoms with Crippen LogP contribution in [0.15, 0.2) is 22.7 Å². The average molecular weight is 302 g/mol. The Labute approximate surface area is 110 Å². The Morgan fingerprint density at radius 2 is 2.00 bits per heavy atom. The van der Waals surface area contributed by atoms with Crippen LogP contribution in [0, 0.1) is 0 Å². The molecule has 0 radical (unpaired) electrons. The van der Waals surface area contributed by atoms with Crippen LogP contribution >= 0.6 is 15.9 Å². The van der Waals surface area contributed by atoms with E-state index in [-0.39, 0.29) is 11.4 Å². The summed E-state index contributed by atoms with van der Waals surface area (Å²) in [7, 11) is 0. The van der Waals surface area contributed by atoms with Gasteiger partial charge in [-0.15, -0.1) is 0 Å². The summed E-state index contributed by atoms with van der Waals surface area (Å²) < 4.78 is 14.2. The Kier molecular flexibility index (Phi) is 4.31. The molecule has 1 atom stereocenters. The smallest absolute Gasteiger partial charge is 0.252 e. The molecular weight excluding hydrogens is 285 g/mol. The molecule has 2 nitrogen and oxygen atoms in total. The van der Waals surface area contributed by atoms with E-state index in [1.54, 1.807) is 18.2 Å². The maximum absolute atomic E-state index is 13.4. The van der Waals surface area contributed by atoms with Gasteiger partial charge in [-0.25, -0.2) is 4.39 Å². The van der Waals surface area contributed by atoms with Gasteiger partial charge >= 0.3 is 0 Å². The number of carbonyl (C=O) groups excluding carboxylic acids is 1. The standard InChI is InChI=1S/C13H17BrFNO/c1-8(15)10-6-5-9(14)7-11(10)12(17)16-13(2,3)4/h5-8H,1-4H3,(H,16,17)/t8-/m1/s1. The second kappa shape index (κ2) is 5.17. The summed E-state index contributed by atoms with van der Waals surface area (Å²) in [5, 5.41) is 2.83. The summed E-state index contributed by atoms with van der Waals surface area (Å²) in [6.07, 6.45) is -1.16. The van der Waals surface area contributed by atoms with Crippen LogP contribution in [0.1, 0.15) is 49.8 Å². The van der Waals surface area contributed by atoms with Crippen molar-refractivity contribution in [1.29, 1.82) is 0 Å². The van der Waals surface area contributed by atoms with Gasteiger partial charge in [0.1, 0.15) is 6.17 Å². The highest BCUT2D eigenvalue weighted by Gasteiger charge is 2.20. The Bertz CT molecular complexity index is 424. The number of hydrogen-bond donors (Lipinski definition) is 1. The van der Waals surface area contributed by atoms with E-state index >= 15 is 0 Å². The maximum Gasteiger partial charge on any atom is 0.252 e. The number of amides is 1. The van der Waals surface area contributed by atoms with Crippen molar-refractivity contribution in [2.75, 3.05) is 0 Å². The van der Waals surface area contributed by atoms with Gasteiger partial charge in [-0.05, 0) is 45.4 Å². The summed E-state index contributed by atoms with van der Waals surface area (Å²) >= 11 is 3.29. The van der Waals surface area contributed by atoms with Crippen molar-refractivity contribution in [1.82, 2.24) is 5.32 Å². The first-order valence-electron chi connectivity index (χ1n) is 5.47. The number of rotatable bonds is 2. The van der Waals surface area contributed by atoms with Crippen molar-refractivity contribution in [2.45, 2.75) is 39.4 Å². The lowest BCUT2D eigenvalue weighted by molar-refractivity contribution is 0.0916. The summed E-state index contributed by atoms with van der Waals surface area (Å²) in [5.74, 6) is -0.252. The van der Waals surface area contributed by atoms with Crippen LogP contribution < -0.4 is 5.32 Å². The molecule has 1 aromatic carbocycles. The zero-order valence-corrected chi connectivity index (χ0v) is 12.1. The van der Waals surface area contributed by atoms with Crippen molar-refractivity contribution < 1.29 is 9.18 Å². The van der Waals surface area contributed by atoms with Crippen molar-refractivity contribution in [3.63, 3.8) is 0 Å². The number of alkyl halides is 1. The fourth-order valence-corrected chi connectivity index (χ4v) is 1.84. The second-order valence-corrected chi connectivity index (χ2v) is 5.97. The molecule has 0 aliphatic carbocycles. The Balaban J connectivity index is 3.11. The third kappa shape index (κ3) is 4.11. The predicted octanol–water partition coefficient (Wildman–Crippen LogP) is 4.01. The minimum atomic E-state index is -1.16. The third-order valence-corrected chi connectivity index (χ3v) is 2.67. The Morgan fingerprint density at radius 3 is 2.47 bits per heavy atom. The van der Waals surface area contributed by atoms with Gasteiger partial charge in [0.05, 0.1) is 0 Å². The minimum Gasteiger partial charge on any atom is -0.347 e. The van der Waals surface area contributed by atoms with E-state index in [4.69, 9.17) is 0 Å². The number of hydrogen-bond acceptors (Lipinski definition) is 1. The zero-order valence-electron chi connectivity index (χ0n) is 10.5. The number of carbonyl (C=O) groups is 1. The van der Waals surface area contributed by atoms with Gasteiger partial charge in [0, 0.05) is 15.6 Å². The van der Waals surface area contributed by atoms with Gasteiger partial charge in [-0.1, -0.05) is 22.0 Å². The molecule has 0 unspecified atom stereocenters. The molecule has 0 bridgehead atoms. The Morgan fingerprint density at radius 1 is 1.41 bits per heavy atom. The van der Waals surface area contributed by atoms with Gasteiger partial charge in [0.25, 0.3) is 5.91 Å². The highest BCUT2D eigenvalue weighted by Crippen LogP contribution is 2.25. The highest BCUT2D eigenvalue weighted by atomic mass is 79.9. The van der Waals surface area contributed by atoms with E-state index in [9.17, 15) is 9.18 Å². The van der Waals surface area contributed by atoms with Crippen LogP contribution in [0.5, 0.6) is 0 Å². The molecule has 1 aromatic rings. The number of halogens is 2. The van der Waals surface area contributed by atoms with E-state index < -0.39 is 6.17 Å². The van der Waals surface area contributed by atoms with Crippen LogP contribution in [0.4, 0.5) is 4.39 Å². The largest absolute Gasteiger partial charge is 0.347 e. The van der Waals surface area contributed by atoms with Crippen molar-refractivity contribution in [3.05, 3.63) is 33.8 Å². The molecule has 1 rings (SSSR count). The Hall–Kier alpha value is -0.900. The van der Waals surface area contributed by atoms with E-state index in [2.05, 4.69) is 21.2 Å². The van der Waals surface area contributed by atoms with Crippen LogP contribution in [0.3, 0.4) is 0 Å². The van der Waals surface area contributed by atoms with Crippen LogP contribution in [0.25, 0.3) is 0 Å². The molecule has 0 aliphatic rings. The van der Waals surface area contributed by atoms with Gasteiger partial charge in [-0.3, -0.25) is 4.79 Å². The molecule has 0 spiro atoms. The zero-order chi connectivity index (χ0) is 13.2. The molecule has 1 N–H and O–H groups in total. The molecule has 4 heteroatoms. The minimum absolute atomic E-state index is 0.252. The molecule has 0 aromatic heterocycles. The quantitative estimate of drug-likeness (QED) is 0.878.